The Morgan fingerprint density at radius 3 is 2.61 bits per heavy atom. The number of hydrogen-bond donors (Lipinski definition) is 1. The molecule has 1 aliphatic carbocycles. The maximum atomic E-state index is 13.2. The number of nitrogens with two attached hydrogens (primary N) is 1. The van der Waals surface area contributed by atoms with Crippen LogP contribution in [0.3, 0.4) is 0 Å². The van der Waals surface area contributed by atoms with Gasteiger partial charge in [0.25, 0.3) is 5.91 Å². The first-order valence-electron chi connectivity index (χ1n) is 8.90. The van der Waals surface area contributed by atoms with E-state index in [1.165, 1.54) is 12.8 Å². The van der Waals surface area contributed by atoms with Crippen LogP contribution in [0.5, 0.6) is 0 Å². The number of nitrogens with zero attached hydrogens (tertiary/aromatic N) is 1. The summed E-state index contributed by atoms with van der Waals surface area (Å²) in [6.07, 6.45) is 5.28. The molecule has 2 fully saturated rings. The fourth-order valence-corrected chi connectivity index (χ4v) is 3.89. The number of ether oxygens (including phenoxy) is 1. The monoisotopic (exact) mass is 316 g/mol. The van der Waals surface area contributed by atoms with Gasteiger partial charge in [-0.05, 0) is 44.2 Å². The van der Waals surface area contributed by atoms with E-state index >= 15 is 0 Å². The van der Waals surface area contributed by atoms with Gasteiger partial charge in [0.05, 0.1) is 6.10 Å². The topological polar surface area (TPSA) is 55.6 Å². The van der Waals surface area contributed by atoms with Gasteiger partial charge in [-0.2, -0.15) is 0 Å². The summed E-state index contributed by atoms with van der Waals surface area (Å²) in [7, 11) is 0. The van der Waals surface area contributed by atoms with Crippen molar-refractivity contribution in [3.8, 4) is 0 Å². The minimum absolute atomic E-state index is 0.103. The molecule has 0 aromatic heterocycles. The Morgan fingerprint density at radius 2 is 2.00 bits per heavy atom. The lowest BCUT2D eigenvalue weighted by Gasteiger charge is -2.29. The van der Waals surface area contributed by atoms with E-state index < -0.39 is 6.10 Å². The summed E-state index contributed by atoms with van der Waals surface area (Å²) in [6, 6.07) is 10.2. The molecule has 3 unspecified atom stereocenters. The second kappa shape index (κ2) is 7.45. The van der Waals surface area contributed by atoms with Gasteiger partial charge in [-0.25, -0.2) is 0 Å². The molecule has 4 heteroatoms. The van der Waals surface area contributed by atoms with Crippen molar-refractivity contribution in [1.82, 2.24) is 4.90 Å². The van der Waals surface area contributed by atoms with Crippen LogP contribution in [-0.2, 0) is 9.53 Å². The molecular weight excluding hydrogens is 288 g/mol. The molecule has 1 saturated heterocycles. The van der Waals surface area contributed by atoms with Crippen molar-refractivity contribution >= 4 is 5.91 Å². The number of rotatable bonds is 5. The van der Waals surface area contributed by atoms with E-state index in [-0.39, 0.29) is 18.1 Å². The smallest absolute Gasteiger partial charge is 0.256 e. The first-order valence-corrected chi connectivity index (χ1v) is 8.90. The Bertz CT molecular complexity index is 513. The highest BCUT2D eigenvalue weighted by molar-refractivity contribution is 5.83. The standard InChI is InChI=1S/C19H28N2O2/c1-14-11-15(12-20)13-21(14)19(22)18(16-7-3-2-4-8-16)23-17-9-5-6-10-17/h2-4,7-8,14-15,17-18H,5-6,9-13,20H2,1H3. The molecule has 4 nitrogen and oxygen atoms in total. The summed E-state index contributed by atoms with van der Waals surface area (Å²) in [4.78, 5) is 15.1. The van der Waals surface area contributed by atoms with Gasteiger partial charge < -0.3 is 15.4 Å². The summed E-state index contributed by atoms with van der Waals surface area (Å²) in [5.41, 5.74) is 6.77. The normalized spacial score (nSPS) is 26.6. The van der Waals surface area contributed by atoms with E-state index in [0.717, 1.165) is 31.4 Å². The van der Waals surface area contributed by atoms with Crippen molar-refractivity contribution in [2.45, 2.75) is 57.3 Å². The molecule has 3 rings (SSSR count). The zero-order chi connectivity index (χ0) is 16.2. The van der Waals surface area contributed by atoms with E-state index in [2.05, 4.69) is 6.92 Å². The molecule has 1 aromatic rings. The Hall–Kier alpha value is -1.39. The van der Waals surface area contributed by atoms with Crippen LogP contribution in [0.4, 0.5) is 0 Å². The number of hydrogen-bond acceptors (Lipinski definition) is 3. The van der Waals surface area contributed by atoms with E-state index in [9.17, 15) is 4.79 Å². The first-order chi connectivity index (χ1) is 11.2. The van der Waals surface area contributed by atoms with Gasteiger partial charge in [0.15, 0.2) is 6.10 Å². The molecule has 23 heavy (non-hydrogen) atoms. The van der Waals surface area contributed by atoms with Crippen LogP contribution in [0.25, 0.3) is 0 Å². The number of carbonyl (C=O) groups is 1. The van der Waals surface area contributed by atoms with Crippen LogP contribution in [0, 0.1) is 5.92 Å². The lowest BCUT2D eigenvalue weighted by molar-refractivity contribution is -0.149. The molecule has 1 aromatic carbocycles. The molecule has 0 spiro atoms. The van der Waals surface area contributed by atoms with Crippen molar-refractivity contribution < 1.29 is 9.53 Å². The van der Waals surface area contributed by atoms with E-state index in [1.54, 1.807) is 0 Å². The maximum absolute atomic E-state index is 13.2. The number of amides is 1. The average molecular weight is 316 g/mol. The summed E-state index contributed by atoms with van der Waals surface area (Å²) >= 11 is 0. The molecule has 0 bridgehead atoms. The van der Waals surface area contributed by atoms with Crippen LogP contribution in [-0.4, -0.2) is 36.0 Å². The van der Waals surface area contributed by atoms with E-state index in [0.29, 0.717) is 12.5 Å². The quantitative estimate of drug-likeness (QED) is 0.909. The van der Waals surface area contributed by atoms with Crippen LogP contribution >= 0.6 is 0 Å². The van der Waals surface area contributed by atoms with Gasteiger partial charge in [-0.3, -0.25) is 4.79 Å². The van der Waals surface area contributed by atoms with E-state index in [1.807, 2.05) is 35.2 Å². The van der Waals surface area contributed by atoms with Crippen LogP contribution in [0.2, 0.25) is 0 Å². The fraction of sp³-hybridized carbons (Fsp3) is 0.632. The van der Waals surface area contributed by atoms with Crippen LogP contribution in [0.1, 0.15) is 50.7 Å². The highest BCUT2D eigenvalue weighted by Gasteiger charge is 2.37. The number of likely N-dealkylation sites (tertiary alicyclic amines) is 1. The highest BCUT2D eigenvalue weighted by atomic mass is 16.5. The third kappa shape index (κ3) is 3.75. The second-order valence-electron chi connectivity index (χ2n) is 7.01. The summed E-state index contributed by atoms with van der Waals surface area (Å²) in [5.74, 6) is 0.517. The Labute approximate surface area is 139 Å². The average Bonchev–Trinajstić information content (AvgIpc) is 3.22. The molecule has 1 aliphatic heterocycles. The lowest BCUT2D eigenvalue weighted by atomic mass is 10.1. The van der Waals surface area contributed by atoms with Gasteiger partial charge in [-0.1, -0.05) is 43.2 Å². The van der Waals surface area contributed by atoms with Crippen molar-refractivity contribution in [2.24, 2.45) is 11.7 Å². The summed E-state index contributed by atoms with van der Waals surface area (Å²) in [6.45, 7) is 3.52. The van der Waals surface area contributed by atoms with Gasteiger partial charge in [0.2, 0.25) is 0 Å². The molecule has 3 atom stereocenters. The third-order valence-corrected chi connectivity index (χ3v) is 5.24. The third-order valence-electron chi connectivity index (χ3n) is 5.24. The Kier molecular flexibility index (Phi) is 5.34. The van der Waals surface area contributed by atoms with Gasteiger partial charge in [0, 0.05) is 12.6 Å². The molecule has 0 radical (unpaired) electrons. The molecular formula is C19H28N2O2. The minimum atomic E-state index is -0.474. The molecule has 126 valence electrons. The van der Waals surface area contributed by atoms with E-state index in [4.69, 9.17) is 10.5 Å². The molecule has 1 amide bonds. The predicted molar refractivity (Wildman–Crippen MR) is 90.9 cm³/mol. The molecule has 1 saturated carbocycles. The zero-order valence-electron chi connectivity index (χ0n) is 14.0. The molecule has 1 heterocycles. The Morgan fingerprint density at radius 1 is 1.30 bits per heavy atom. The maximum Gasteiger partial charge on any atom is 0.256 e. The first kappa shape index (κ1) is 16.5. The zero-order valence-corrected chi connectivity index (χ0v) is 14.0. The largest absolute Gasteiger partial charge is 0.360 e. The lowest BCUT2D eigenvalue weighted by Crippen LogP contribution is -2.39. The highest BCUT2D eigenvalue weighted by Crippen LogP contribution is 2.32. The van der Waals surface area contributed by atoms with Gasteiger partial charge in [0.1, 0.15) is 0 Å². The summed E-state index contributed by atoms with van der Waals surface area (Å²) < 4.78 is 6.27. The van der Waals surface area contributed by atoms with Crippen LogP contribution in [0.15, 0.2) is 30.3 Å². The van der Waals surface area contributed by atoms with Crippen molar-refractivity contribution in [3.05, 3.63) is 35.9 Å². The molecule has 2 N–H and O–H groups in total. The molecule has 2 aliphatic rings. The Balaban J connectivity index is 1.78. The van der Waals surface area contributed by atoms with Crippen LogP contribution < -0.4 is 5.73 Å². The fourth-order valence-electron chi connectivity index (χ4n) is 3.89. The van der Waals surface area contributed by atoms with Crippen molar-refractivity contribution in [1.29, 1.82) is 0 Å². The second-order valence-corrected chi connectivity index (χ2v) is 7.01. The number of carbonyl (C=O) groups excluding carboxylic acids is 1. The minimum Gasteiger partial charge on any atom is -0.360 e. The summed E-state index contributed by atoms with van der Waals surface area (Å²) in [5, 5.41) is 0. The van der Waals surface area contributed by atoms with Gasteiger partial charge in [-0.15, -0.1) is 0 Å². The predicted octanol–water partition coefficient (Wildman–Crippen LogP) is 2.88. The van der Waals surface area contributed by atoms with Crippen molar-refractivity contribution in [2.75, 3.05) is 13.1 Å². The van der Waals surface area contributed by atoms with Gasteiger partial charge >= 0.3 is 0 Å². The SMILES string of the molecule is CC1CC(CN)CN1C(=O)C(OC1CCCC1)c1ccccc1. The number of benzene rings is 1. The van der Waals surface area contributed by atoms with Crippen molar-refractivity contribution in [3.63, 3.8) is 0 Å².